The quantitative estimate of drug-likeness (QED) is 0.257. The molecule has 0 saturated heterocycles. The van der Waals surface area contributed by atoms with Crippen molar-refractivity contribution in [2.24, 2.45) is 5.92 Å². The van der Waals surface area contributed by atoms with E-state index in [1.165, 1.54) is 18.2 Å². The molecule has 1 aliphatic rings. The summed E-state index contributed by atoms with van der Waals surface area (Å²) in [4.78, 5) is 0. The lowest BCUT2D eigenvalue weighted by atomic mass is 9.79. The molecule has 0 atom stereocenters. The van der Waals surface area contributed by atoms with Crippen molar-refractivity contribution in [1.82, 2.24) is 0 Å². The number of ether oxygens (including phenoxy) is 1. The summed E-state index contributed by atoms with van der Waals surface area (Å²) >= 11 is 0. The minimum Gasteiger partial charge on any atom is -0.384 e. The fourth-order valence-corrected chi connectivity index (χ4v) is 4.31. The lowest BCUT2D eigenvalue weighted by Crippen LogP contribution is -2.17. The van der Waals surface area contributed by atoms with Crippen LogP contribution in [0.5, 0.6) is 0 Å². The molecule has 0 aromatic heterocycles. The predicted molar refractivity (Wildman–Crippen MR) is 113 cm³/mol. The van der Waals surface area contributed by atoms with E-state index in [9.17, 15) is 17.6 Å². The van der Waals surface area contributed by atoms with Crippen molar-refractivity contribution in [3.05, 3.63) is 82.4 Å². The molecule has 1 fully saturated rings. The van der Waals surface area contributed by atoms with Gasteiger partial charge in [-0.1, -0.05) is 24.0 Å². The van der Waals surface area contributed by atoms with Crippen LogP contribution in [0.4, 0.5) is 17.6 Å². The van der Waals surface area contributed by atoms with E-state index in [2.05, 4.69) is 11.8 Å². The van der Waals surface area contributed by atoms with Crippen molar-refractivity contribution in [2.45, 2.75) is 31.6 Å². The van der Waals surface area contributed by atoms with Gasteiger partial charge in [-0.2, -0.15) is 0 Å². The molecule has 31 heavy (non-hydrogen) atoms. The molecule has 0 bridgehead atoms. The highest BCUT2D eigenvalue weighted by Crippen LogP contribution is 2.36. The van der Waals surface area contributed by atoms with Gasteiger partial charge in [-0.15, -0.1) is 0 Å². The van der Waals surface area contributed by atoms with E-state index in [1.54, 1.807) is 19.2 Å². The highest BCUT2D eigenvalue weighted by atomic mass is 19.2. The average molecular weight is 426 g/mol. The molecule has 0 amide bonds. The van der Waals surface area contributed by atoms with Gasteiger partial charge in [0.1, 0.15) is 5.82 Å². The van der Waals surface area contributed by atoms with Crippen molar-refractivity contribution in [3.8, 4) is 11.8 Å². The molecule has 5 heteroatoms. The molecule has 1 nitrogen and oxygen atoms in total. The van der Waals surface area contributed by atoms with Gasteiger partial charge in [0.25, 0.3) is 0 Å². The zero-order valence-corrected chi connectivity index (χ0v) is 17.2. The Morgan fingerprint density at radius 1 is 0.839 bits per heavy atom. The van der Waals surface area contributed by atoms with Crippen LogP contribution in [0.1, 0.15) is 48.3 Å². The van der Waals surface area contributed by atoms with Gasteiger partial charge >= 0.3 is 0 Å². The molecule has 3 aromatic rings. The molecule has 0 heterocycles. The molecule has 0 spiro atoms. The molecular weight excluding hydrogens is 404 g/mol. The maximum absolute atomic E-state index is 14.6. The normalized spacial score (nSPS) is 18.6. The van der Waals surface area contributed by atoms with Gasteiger partial charge < -0.3 is 4.74 Å². The third kappa shape index (κ3) is 4.60. The molecule has 1 aliphatic carbocycles. The van der Waals surface area contributed by atoms with E-state index in [0.29, 0.717) is 17.4 Å². The summed E-state index contributed by atoms with van der Waals surface area (Å²) < 4.78 is 60.6. The second-order valence-electron chi connectivity index (χ2n) is 8.08. The number of hydrogen-bond donors (Lipinski definition) is 0. The van der Waals surface area contributed by atoms with Crippen LogP contribution >= 0.6 is 0 Å². The third-order valence-electron chi connectivity index (χ3n) is 6.03. The van der Waals surface area contributed by atoms with Gasteiger partial charge in [-0.3, -0.25) is 0 Å². The minimum atomic E-state index is -1.50. The van der Waals surface area contributed by atoms with Gasteiger partial charge in [-0.25, -0.2) is 17.6 Å². The van der Waals surface area contributed by atoms with E-state index in [-0.39, 0.29) is 22.2 Å². The molecular formula is C26H22F4O. The molecule has 0 radical (unpaired) electrons. The number of methoxy groups -OCH3 is 1. The average Bonchev–Trinajstić information content (AvgIpc) is 2.77. The number of benzene rings is 3. The summed E-state index contributed by atoms with van der Waals surface area (Å²) in [7, 11) is 1.72. The van der Waals surface area contributed by atoms with Crippen molar-refractivity contribution in [1.29, 1.82) is 0 Å². The van der Waals surface area contributed by atoms with Gasteiger partial charge in [-0.05, 0) is 78.8 Å². The van der Waals surface area contributed by atoms with Crippen LogP contribution in [0.25, 0.3) is 10.8 Å². The van der Waals surface area contributed by atoms with E-state index in [4.69, 9.17) is 4.74 Å². The van der Waals surface area contributed by atoms with E-state index >= 15 is 0 Å². The van der Waals surface area contributed by atoms with Gasteiger partial charge in [0.05, 0.1) is 5.56 Å². The standard InChI is InChI=1S/C26H22F4O/c1-31-15-17-3-6-18(7-4-17)20-10-9-19(23(27)13-20)8-2-16-5-11-22-21(12-16)14-24(28)26(30)25(22)29/h5,9-14,17-18H,3-4,6-7,15H2,1H3. The molecule has 0 N–H and O–H groups in total. The zero-order valence-electron chi connectivity index (χ0n) is 17.2. The van der Waals surface area contributed by atoms with Gasteiger partial charge in [0.15, 0.2) is 17.5 Å². The Bertz CT molecular complexity index is 1170. The molecule has 3 aromatic carbocycles. The second kappa shape index (κ2) is 9.11. The van der Waals surface area contributed by atoms with Crippen LogP contribution in [-0.2, 0) is 4.74 Å². The Hall–Kier alpha value is -2.84. The summed E-state index contributed by atoms with van der Waals surface area (Å²) in [5.41, 5.74) is 1.70. The monoisotopic (exact) mass is 426 g/mol. The van der Waals surface area contributed by atoms with E-state index < -0.39 is 17.5 Å². The van der Waals surface area contributed by atoms with Crippen molar-refractivity contribution < 1.29 is 22.3 Å². The Labute approximate surface area is 179 Å². The van der Waals surface area contributed by atoms with Crippen molar-refractivity contribution >= 4 is 10.8 Å². The van der Waals surface area contributed by atoms with Crippen molar-refractivity contribution in [2.75, 3.05) is 13.7 Å². The SMILES string of the molecule is COCC1CCC(c2ccc(C#Cc3ccc4c(F)c(F)c(F)cc4c3)c(F)c2)CC1. The molecule has 160 valence electrons. The largest absolute Gasteiger partial charge is 0.384 e. The first-order chi connectivity index (χ1) is 15.0. The van der Waals surface area contributed by atoms with Crippen LogP contribution in [0.3, 0.4) is 0 Å². The molecule has 1 saturated carbocycles. The molecule has 0 unspecified atom stereocenters. The van der Waals surface area contributed by atoms with Crippen LogP contribution in [0.15, 0.2) is 42.5 Å². The van der Waals surface area contributed by atoms with Gasteiger partial charge in [0.2, 0.25) is 0 Å². The fourth-order valence-electron chi connectivity index (χ4n) is 4.31. The lowest BCUT2D eigenvalue weighted by Gasteiger charge is -2.28. The smallest absolute Gasteiger partial charge is 0.195 e. The van der Waals surface area contributed by atoms with Gasteiger partial charge in [0, 0.05) is 24.7 Å². The van der Waals surface area contributed by atoms with E-state index in [0.717, 1.165) is 43.9 Å². The molecule has 0 aliphatic heterocycles. The van der Waals surface area contributed by atoms with Crippen LogP contribution < -0.4 is 0 Å². The molecule has 4 rings (SSSR count). The maximum Gasteiger partial charge on any atom is 0.195 e. The number of halogens is 4. The maximum atomic E-state index is 14.6. The van der Waals surface area contributed by atoms with E-state index in [1.807, 2.05) is 6.07 Å². The number of rotatable bonds is 3. The summed E-state index contributed by atoms with van der Waals surface area (Å²) in [5, 5.41) is 0.170. The number of hydrogen-bond acceptors (Lipinski definition) is 1. The Morgan fingerprint density at radius 3 is 2.32 bits per heavy atom. The van der Waals surface area contributed by atoms with Crippen LogP contribution in [-0.4, -0.2) is 13.7 Å². The summed E-state index contributed by atoms with van der Waals surface area (Å²) in [6.45, 7) is 0.776. The minimum absolute atomic E-state index is 0.0276. The first-order valence-electron chi connectivity index (χ1n) is 10.3. The highest BCUT2D eigenvalue weighted by molar-refractivity contribution is 5.84. The Balaban J connectivity index is 1.53. The third-order valence-corrected chi connectivity index (χ3v) is 6.03. The predicted octanol–water partition coefficient (Wildman–Crippen LogP) is 6.72. The summed E-state index contributed by atoms with van der Waals surface area (Å²) in [6.07, 6.45) is 4.19. The first-order valence-corrected chi connectivity index (χ1v) is 10.3. The summed E-state index contributed by atoms with van der Waals surface area (Å²) in [6, 6.07) is 10.4. The van der Waals surface area contributed by atoms with Crippen molar-refractivity contribution in [3.63, 3.8) is 0 Å². The number of fused-ring (bicyclic) bond motifs is 1. The van der Waals surface area contributed by atoms with Crippen LogP contribution in [0, 0.1) is 41.0 Å². The second-order valence-corrected chi connectivity index (χ2v) is 8.08. The summed E-state index contributed by atoms with van der Waals surface area (Å²) in [5.74, 6) is 2.16. The first kappa shape index (κ1) is 21.4. The Kier molecular flexibility index (Phi) is 6.29. The van der Waals surface area contributed by atoms with Crippen LogP contribution in [0.2, 0.25) is 0 Å². The topological polar surface area (TPSA) is 9.23 Å². The highest BCUT2D eigenvalue weighted by Gasteiger charge is 2.22. The Morgan fingerprint density at radius 2 is 1.61 bits per heavy atom. The lowest BCUT2D eigenvalue weighted by molar-refractivity contribution is 0.127. The zero-order chi connectivity index (χ0) is 22.0. The fraction of sp³-hybridized carbons (Fsp3) is 0.308.